The summed E-state index contributed by atoms with van der Waals surface area (Å²) in [5.74, 6) is -0.500. The van der Waals surface area contributed by atoms with Crippen LogP contribution in [-0.2, 0) is 0 Å². The normalized spacial score (nSPS) is 11.3. The van der Waals surface area contributed by atoms with Crippen LogP contribution in [0.3, 0.4) is 0 Å². The van der Waals surface area contributed by atoms with Crippen molar-refractivity contribution in [3.05, 3.63) is 34.2 Å². The maximum atomic E-state index is 11.8. The van der Waals surface area contributed by atoms with Gasteiger partial charge in [0.2, 0.25) is 5.56 Å². The van der Waals surface area contributed by atoms with Gasteiger partial charge in [-0.15, -0.1) is 0 Å². The van der Waals surface area contributed by atoms with Crippen LogP contribution in [0.4, 0.5) is 13.2 Å². The van der Waals surface area contributed by atoms with Gasteiger partial charge in [0, 0.05) is 19.0 Å². The molecule has 0 saturated heterocycles. The van der Waals surface area contributed by atoms with Gasteiger partial charge < -0.3 is 10.3 Å². The number of halogens is 3. The fraction of sp³-hybridized carbons (Fsp3) is 0.455. The number of amides is 1. The quantitative estimate of drug-likeness (QED) is 0.795. The SMILES string of the molecule is O=C(NCCCCC(F)(F)F)c1cccc(=O)[nH]1. The molecular formula is C11H13F3N2O2. The number of aromatic amines is 1. The summed E-state index contributed by atoms with van der Waals surface area (Å²) in [7, 11) is 0. The third-order valence-corrected chi connectivity index (χ3v) is 2.19. The van der Waals surface area contributed by atoms with Crippen molar-refractivity contribution < 1.29 is 18.0 Å². The summed E-state index contributed by atoms with van der Waals surface area (Å²) < 4.78 is 35.5. The molecule has 1 rings (SSSR count). The van der Waals surface area contributed by atoms with Crippen molar-refractivity contribution >= 4 is 5.91 Å². The van der Waals surface area contributed by atoms with E-state index in [1.54, 1.807) is 0 Å². The van der Waals surface area contributed by atoms with Crippen molar-refractivity contribution in [3.63, 3.8) is 0 Å². The first-order valence-corrected chi connectivity index (χ1v) is 5.43. The Morgan fingerprint density at radius 2 is 2.00 bits per heavy atom. The van der Waals surface area contributed by atoms with Gasteiger partial charge in [0.25, 0.3) is 5.91 Å². The zero-order chi connectivity index (χ0) is 13.6. The van der Waals surface area contributed by atoms with Crippen molar-refractivity contribution in [2.24, 2.45) is 0 Å². The average molecular weight is 262 g/mol. The monoisotopic (exact) mass is 262 g/mol. The Kier molecular flexibility index (Phi) is 4.94. The zero-order valence-electron chi connectivity index (χ0n) is 9.51. The minimum Gasteiger partial charge on any atom is -0.351 e. The Morgan fingerprint density at radius 3 is 2.61 bits per heavy atom. The van der Waals surface area contributed by atoms with Crippen molar-refractivity contribution in [1.82, 2.24) is 10.3 Å². The predicted octanol–water partition coefficient (Wildman–Crippen LogP) is 1.84. The highest BCUT2D eigenvalue weighted by molar-refractivity contribution is 5.92. The predicted molar refractivity (Wildman–Crippen MR) is 59.3 cm³/mol. The molecule has 7 heteroatoms. The Labute approximate surface area is 101 Å². The molecule has 0 aliphatic rings. The molecule has 18 heavy (non-hydrogen) atoms. The lowest BCUT2D eigenvalue weighted by Crippen LogP contribution is -2.27. The van der Waals surface area contributed by atoms with E-state index in [-0.39, 0.29) is 25.1 Å². The number of unbranched alkanes of at least 4 members (excludes halogenated alkanes) is 1. The number of hydrogen-bond donors (Lipinski definition) is 2. The van der Waals surface area contributed by atoms with Crippen LogP contribution in [-0.4, -0.2) is 23.6 Å². The second kappa shape index (κ2) is 6.23. The molecule has 0 saturated carbocycles. The van der Waals surface area contributed by atoms with Gasteiger partial charge in [0.1, 0.15) is 5.69 Å². The van der Waals surface area contributed by atoms with E-state index < -0.39 is 24.1 Å². The van der Waals surface area contributed by atoms with E-state index in [1.165, 1.54) is 18.2 Å². The highest BCUT2D eigenvalue weighted by Gasteiger charge is 2.25. The fourth-order valence-corrected chi connectivity index (χ4v) is 1.33. The molecule has 100 valence electrons. The minimum absolute atomic E-state index is 0.0326. The molecule has 0 aliphatic carbocycles. The van der Waals surface area contributed by atoms with Gasteiger partial charge in [-0.3, -0.25) is 9.59 Å². The van der Waals surface area contributed by atoms with E-state index in [9.17, 15) is 22.8 Å². The van der Waals surface area contributed by atoms with Gasteiger partial charge in [-0.2, -0.15) is 13.2 Å². The molecule has 0 atom stereocenters. The molecule has 4 nitrogen and oxygen atoms in total. The summed E-state index contributed by atoms with van der Waals surface area (Å²) in [6, 6.07) is 4.12. The molecule has 0 aliphatic heterocycles. The van der Waals surface area contributed by atoms with Gasteiger partial charge in [0.15, 0.2) is 0 Å². The van der Waals surface area contributed by atoms with Crippen LogP contribution in [0.5, 0.6) is 0 Å². The van der Waals surface area contributed by atoms with Crippen molar-refractivity contribution in [3.8, 4) is 0 Å². The van der Waals surface area contributed by atoms with Gasteiger partial charge in [-0.05, 0) is 18.9 Å². The number of nitrogens with one attached hydrogen (secondary N) is 2. The summed E-state index contributed by atoms with van der Waals surface area (Å²) in [6.07, 6.45) is -4.81. The number of carbonyl (C=O) groups is 1. The molecule has 0 aromatic carbocycles. The van der Waals surface area contributed by atoms with Gasteiger partial charge in [0.05, 0.1) is 0 Å². The first-order chi connectivity index (χ1) is 8.38. The number of hydrogen-bond acceptors (Lipinski definition) is 2. The number of pyridine rings is 1. The largest absolute Gasteiger partial charge is 0.389 e. The molecule has 0 fully saturated rings. The summed E-state index contributed by atoms with van der Waals surface area (Å²) in [5.41, 5.74) is -0.307. The molecular weight excluding hydrogens is 249 g/mol. The summed E-state index contributed by atoms with van der Waals surface area (Å²) >= 11 is 0. The van der Waals surface area contributed by atoms with Crippen molar-refractivity contribution in [2.75, 3.05) is 6.54 Å². The lowest BCUT2D eigenvalue weighted by molar-refractivity contribution is -0.135. The van der Waals surface area contributed by atoms with Gasteiger partial charge in [-0.1, -0.05) is 6.07 Å². The van der Waals surface area contributed by atoms with Crippen LogP contribution in [0.25, 0.3) is 0 Å². The van der Waals surface area contributed by atoms with E-state index in [0.717, 1.165) is 0 Å². The topological polar surface area (TPSA) is 62.0 Å². The zero-order valence-corrected chi connectivity index (χ0v) is 9.51. The summed E-state index contributed by atoms with van der Waals surface area (Å²) in [5, 5.41) is 2.44. The fourth-order valence-electron chi connectivity index (χ4n) is 1.33. The molecule has 1 aromatic rings. The number of H-pyrrole nitrogens is 1. The highest BCUT2D eigenvalue weighted by atomic mass is 19.4. The summed E-state index contributed by atoms with van der Waals surface area (Å²) in [6.45, 7) is 0.145. The lowest BCUT2D eigenvalue weighted by Gasteiger charge is -2.07. The van der Waals surface area contributed by atoms with E-state index in [1.807, 2.05) is 0 Å². The second-order valence-electron chi connectivity index (χ2n) is 3.76. The van der Waals surface area contributed by atoms with Crippen molar-refractivity contribution in [2.45, 2.75) is 25.4 Å². The maximum Gasteiger partial charge on any atom is 0.389 e. The van der Waals surface area contributed by atoms with Crippen LogP contribution < -0.4 is 10.9 Å². The molecule has 0 spiro atoms. The average Bonchev–Trinajstić information content (AvgIpc) is 2.26. The van der Waals surface area contributed by atoms with Crippen LogP contribution in [0, 0.1) is 0 Å². The number of aromatic nitrogens is 1. The molecule has 1 aromatic heterocycles. The third kappa shape index (κ3) is 5.51. The minimum atomic E-state index is -4.16. The first kappa shape index (κ1) is 14.3. The standard InChI is InChI=1S/C11H13F3N2O2/c12-11(13,14)6-1-2-7-15-10(18)8-4-3-5-9(17)16-8/h3-5H,1-2,6-7H2,(H,15,18)(H,16,17). The molecule has 1 amide bonds. The Balaban J connectivity index is 2.28. The number of alkyl halides is 3. The van der Waals surface area contributed by atoms with Crippen LogP contribution in [0.2, 0.25) is 0 Å². The van der Waals surface area contributed by atoms with E-state index in [4.69, 9.17) is 0 Å². The van der Waals surface area contributed by atoms with E-state index >= 15 is 0 Å². The molecule has 0 bridgehead atoms. The molecule has 0 radical (unpaired) electrons. The summed E-state index contributed by atoms with van der Waals surface area (Å²) in [4.78, 5) is 24.7. The maximum absolute atomic E-state index is 11.8. The van der Waals surface area contributed by atoms with Crippen LogP contribution in [0.1, 0.15) is 29.8 Å². The third-order valence-electron chi connectivity index (χ3n) is 2.19. The lowest BCUT2D eigenvalue weighted by atomic mass is 10.2. The molecule has 1 heterocycles. The highest BCUT2D eigenvalue weighted by Crippen LogP contribution is 2.21. The Hall–Kier alpha value is -1.79. The van der Waals surface area contributed by atoms with Crippen LogP contribution >= 0.6 is 0 Å². The first-order valence-electron chi connectivity index (χ1n) is 5.43. The molecule has 0 unspecified atom stereocenters. The smallest absolute Gasteiger partial charge is 0.351 e. The van der Waals surface area contributed by atoms with E-state index in [2.05, 4.69) is 10.3 Å². The van der Waals surface area contributed by atoms with Gasteiger partial charge in [-0.25, -0.2) is 0 Å². The van der Waals surface area contributed by atoms with Crippen molar-refractivity contribution in [1.29, 1.82) is 0 Å². The molecule has 2 N–H and O–H groups in total. The Morgan fingerprint density at radius 1 is 1.28 bits per heavy atom. The van der Waals surface area contributed by atoms with Crippen LogP contribution in [0.15, 0.2) is 23.0 Å². The van der Waals surface area contributed by atoms with Gasteiger partial charge >= 0.3 is 6.18 Å². The Bertz CT molecular complexity index is 454. The van der Waals surface area contributed by atoms with E-state index in [0.29, 0.717) is 0 Å². The number of rotatable bonds is 5. The number of carbonyl (C=O) groups excluding carboxylic acids is 1. The second-order valence-corrected chi connectivity index (χ2v) is 3.76.